The van der Waals surface area contributed by atoms with Crippen molar-refractivity contribution in [3.05, 3.63) is 64.4 Å². The monoisotopic (exact) mass is 468 g/mol. The minimum Gasteiger partial charge on any atom is -0.494 e. The predicted molar refractivity (Wildman–Crippen MR) is 145 cm³/mol. The lowest BCUT2D eigenvalue weighted by Crippen LogP contribution is -2.09. The van der Waals surface area contributed by atoms with E-state index in [4.69, 9.17) is 10.00 Å². The zero-order valence-corrected chi connectivity index (χ0v) is 20.9. The highest BCUT2D eigenvalue weighted by atomic mass is 16.5. The van der Waals surface area contributed by atoms with Crippen LogP contribution in [0.1, 0.15) is 76.0 Å². The fraction of sp³-hybridized carbons (Fsp3) is 0.367. The maximum Gasteiger partial charge on any atom is 0.144 e. The topological polar surface area (TPSA) is 80.4 Å². The molecule has 0 saturated carbocycles. The summed E-state index contributed by atoms with van der Waals surface area (Å²) in [5.41, 5.74) is 4.46. The molecular formula is C30H36N4O. The molecule has 0 saturated heterocycles. The van der Waals surface area contributed by atoms with E-state index in [0.29, 0.717) is 5.56 Å². The van der Waals surface area contributed by atoms with Gasteiger partial charge in [-0.3, -0.25) is 0 Å². The predicted octanol–water partition coefficient (Wildman–Crippen LogP) is 6.51. The van der Waals surface area contributed by atoms with Crippen molar-refractivity contribution in [3.8, 4) is 23.2 Å². The van der Waals surface area contributed by atoms with E-state index in [1.54, 1.807) is 7.11 Å². The van der Waals surface area contributed by atoms with Crippen molar-refractivity contribution in [3.63, 3.8) is 0 Å². The molecule has 1 aromatic carbocycles. The van der Waals surface area contributed by atoms with Crippen LogP contribution in [0.4, 0.5) is 0 Å². The zero-order valence-electron chi connectivity index (χ0n) is 20.9. The first kappa shape index (κ1) is 24.5. The largest absolute Gasteiger partial charge is 0.494 e. The number of H-pyrrole nitrogens is 3. The molecule has 0 atom stereocenters. The molecule has 0 aliphatic rings. The molecule has 35 heavy (non-hydrogen) atoms. The van der Waals surface area contributed by atoms with Crippen molar-refractivity contribution in [2.75, 3.05) is 7.11 Å². The van der Waals surface area contributed by atoms with Crippen molar-refractivity contribution in [2.24, 2.45) is 0 Å². The van der Waals surface area contributed by atoms with Crippen LogP contribution in [-0.2, 0) is 0 Å². The third-order valence-electron chi connectivity index (χ3n) is 6.52. The first-order chi connectivity index (χ1) is 17.2. The summed E-state index contributed by atoms with van der Waals surface area (Å²) < 4.78 is 5.63. The number of rotatable bonds is 12. The van der Waals surface area contributed by atoms with Crippen LogP contribution in [0.2, 0.25) is 0 Å². The quantitative estimate of drug-likeness (QED) is 0.207. The Morgan fingerprint density at radius 3 is 2.34 bits per heavy atom. The second kappa shape index (κ2) is 12.2. The Morgan fingerprint density at radius 2 is 1.57 bits per heavy atom. The van der Waals surface area contributed by atoms with Crippen LogP contribution in [0.15, 0.2) is 42.5 Å². The molecule has 0 aliphatic carbocycles. The molecule has 0 unspecified atom stereocenters. The number of aromatic nitrogens is 3. The van der Waals surface area contributed by atoms with E-state index in [0.717, 1.165) is 50.9 Å². The number of aromatic amines is 3. The maximum atomic E-state index is 9.16. The number of benzene rings is 1. The average Bonchev–Trinajstić information content (AvgIpc) is 3.60. The SMILES string of the molecule is CCCCCCCCCCC=c1ccc(=Cc2[nH]c(-c3cc4cc(C#N)ccc4[nH]3)cc2OC)[nH]1. The summed E-state index contributed by atoms with van der Waals surface area (Å²) in [5, 5.41) is 12.4. The van der Waals surface area contributed by atoms with E-state index in [2.05, 4.69) is 58.3 Å². The standard InChI is InChI=1S/C30H36N4O/c1-3-4-5-6-7-8-9-10-11-12-24-14-15-25(32-24)19-29-30(35-2)20-28(34-29)27-18-23-17-22(21-31)13-16-26(23)33-27/h12-20,32-34H,3-11H2,1-2H3. The van der Waals surface area contributed by atoms with Crippen LogP contribution in [0.3, 0.4) is 0 Å². The van der Waals surface area contributed by atoms with Crippen LogP contribution in [0, 0.1) is 11.3 Å². The number of hydrogen-bond donors (Lipinski definition) is 3. The Morgan fingerprint density at radius 1 is 0.829 bits per heavy atom. The van der Waals surface area contributed by atoms with Crippen LogP contribution in [0.5, 0.6) is 5.75 Å². The van der Waals surface area contributed by atoms with Gasteiger partial charge in [0.15, 0.2) is 0 Å². The van der Waals surface area contributed by atoms with Crippen LogP contribution in [0.25, 0.3) is 34.4 Å². The molecular weight excluding hydrogens is 432 g/mol. The van der Waals surface area contributed by atoms with Crippen molar-refractivity contribution in [1.82, 2.24) is 15.0 Å². The van der Waals surface area contributed by atoms with E-state index in [1.807, 2.05) is 24.3 Å². The maximum absolute atomic E-state index is 9.16. The molecule has 3 heterocycles. The van der Waals surface area contributed by atoms with Gasteiger partial charge in [-0.25, -0.2) is 0 Å². The third-order valence-corrected chi connectivity index (χ3v) is 6.52. The Kier molecular flexibility index (Phi) is 8.51. The first-order valence-corrected chi connectivity index (χ1v) is 12.9. The van der Waals surface area contributed by atoms with E-state index in [1.165, 1.54) is 51.4 Å². The van der Waals surface area contributed by atoms with E-state index >= 15 is 0 Å². The lowest BCUT2D eigenvalue weighted by molar-refractivity contribution is 0.414. The molecule has 0 radical (unpaired) electrons. The summed E-state index contributed by atoms with van der Waals surface area (Å²) in [5.74, 6) is 0.787. The van der Waals surface area contributed by atoms with Gasteiger partial charge < -0.3 is 19.7 Å². The van der Waals surface area contributed by atoms with E-state index in [-0.39, 0.29) is 0 Å². The van der Waals surface area contributed by atoms with Gasteiger partial charge in [-0.05, 0) is 55.3 Å². The lowest BCUT2D eigenvalue weighted by atomic mass is 10.1. The molecule has 4 rings (SSSR count). The van der Waals surface area contributed by atoms with Crippen LogP contribution < -0.4 is 15.4 Å². The highest BCUT2D eigenvalue weighted by molar-refractivity contribution is 5.86. The number of methoxy groups -OCH3 is 1. The minimum absolute atomic E-state index is 0.655. The van der Waals surface area contributed by atoms with Gasteiger partial charge in [-0.15, -0.1) is 0 Å². The van der Waals surface area contributed by atoms with E-state index < -0.39 is 0 Å². The Balaban J connectivity index is 1.41. The van der Waals surface area contributed by atoms with Crippen molar-refractivity contribution >= 4 is 23.1 Å². The van der Waals surface area contributed by atoms with Gasteiger partial charge in [0.1, 0.15) is 5.75 Å². The summed E-state index contributed by atoms with van der Waals surface area (Å²) in [6, 6.07) is 16.2. The number of fused-ring (bicyclic) bond motifs is 1. The second-order valence-corrected chi connectivity index (χ2v) is 9.24. The normalized spacial score (nSPS) is 12.5. The van der Waals surface area contributed by atoms with Gasteiger partial charge in [0.25, 0.3) is 0 Å². The van der Waals surface area contributed by atoms with Gasteiger partial charge in [-0.1, -0.05) is 57.9 Å². The summed E-state index contributed by atoms with van der Waals surface area (Å²) >= 11 is 0. The fourth-order valence-corrected chi connectivity index (χ4v) is 4.54. The fourth-order valence-electron chi connectivity index (χ4n) is 4.54. The molecule has 3 aromatic heterocycles. The number of nitrogens with zero attached hydrogens (tertiary/aromatic N) is 1. The average molecular weight is 469 g/mol. The smallest absolute Gasteiger partial charge is 0.144 e. The van der Waals surface area contributed by atoms with Gasteiger partial charge in [0.2, 0.25) is 0 Å². The van der Waals surface area contributed by atoms with Crippen LogP contribution >= 0.6 is 0 Å². The number of hydrogen-bond acceptors (Lipinski definition) is 2. The summed E-state index contributed by atoms with van der Waals surface area (Å²) in [6.45, 7) is 2.27. The molecule has 5 heteroatoms. The van der Waals surface area contributed by atoms with Gasteiger partial charge in [0, 0.05) is 27.7 Å². The first-order valence-electron chi connectivity index (χ1n) is 12.9. The number of nitrogens with one attached hydrogen (secondary N) is 3. The van der Waals surface area contributed by atoms with Crippen molar-refractivity contribution in [2.45, 2.75) is 64.7 Å². The molecule has 3 N–H and O–H groups in total. The minimum atomic E-state index is 0.655. The Bertz CT molecular complexity index is 1400. The highest BCUT2D eigenvalue weighted by Gasteiger charge is 2.11. The zero-order chi connectivity index (χ0) is 24.5. The number of ether oxygens (including phenoxy) is 1. The lowest BCUT2D eigenvalue weighted by Gasteiger charge is -1.99. The van der Waals surface area contributed by atoms with Crippen molar-refractivity contribution < 1.29 is 4.74 Å². The van der Waals surface area contributed by atoms with Crippen molar-refractivity contribution in [1.29, 1.82) is 5.26 Å². The molecule has 0 amide bonds. The van der Waals surface area contributed by atoms with Crippen LogP contribution in [-0.4, -0.2) is 22.1 Å². The van der Waals surface area contributed by atoms with E-state index in [9.17, 15) is 0 Å². The third kappa shape index (κ3) is 6.48. The summed E-state index contributed by atoms with van der Waals surface area (Å²) in [4.78, 5) is 10.4. The molecule has 0 aliphatic heterocycles. The molecule has 0 fully saturated rings. The van der Waals surface area contributed by atoms with Gasteiger partial charge in [-0.2, -0.15) is 5.26 Å². The van der Waals surface area contributed by atoms with Gasteiger partial charge >= 0.3 is 0 Å². The summed E-state index contributed by atoms with van der Waals surface area (Å²) in [6.07, 6.45) is 16.3. The summed E-state index contributed by atoms with van der Waals surface area (Å²) in [7, 11) is 1.69. The second-order valence-electron chi connectivity index (χ2n) is 9.24. The molecule has 0 spiro atoms. The molecule has 5 nitrogen and oxygen atoms in total. The molecule has 182 valence electrons. The Hall–Kier alpha value is -3.65. The Labute approximate surface area is 207 Å². The highest BCUT2D eigenvalue weighted by Crippen LogP contribution is 2.29. The number of nitriles is 1. The molecule has 4 aromatic rings. The van der Waals surface area contributed by atoms with Gasteiger partial charge in [0.05, 0.1) is 35.8 Å². The number of unbranched alkanes of at least 4 members (excludes halogenated alkanes) is 8. The molecule has 0 bridgehead atoms.